The van der Waals surface area contributed by atoms with Gasteiger partial charge in [-0.3, -0.25) is 33.2 Å². The van der Waals surface area contributed by atoms with E-state index in [1.54, 1.807) is 69.4 Å². The third-order valence-corrected chi connectivity index (χ3v) is 12.5. The Morgan fingerprint density at radius 2 is 0.491 bits per heavy atom. The number of halogens is 4. The van der Waals surface area contributed by atoms with E-state index in [0.29, 0.717) is 19.8 Å². The summed E-state index contributed by atoms with van der Waals surface area (Å²) < 4.78 is 23.1. The molecule has 644 valence electrons. The predicted molar refractivity (Wildman–Crippen MR) is 459 cm³/mol. The average Bonchev–Trinajstić information content (AvgIpc) is 1.15. The second-order valence-corrected chi connectivity index (χ2v) is 30.7. The second kappa shape index (κ2) is 101. The molecule has 0 aliphatic heterocycles. The number of ether oxygens (including phenoxy) is 4. The molecule has 3 rings (SSSR count). The lowest BCUT2D eigenvalue weighted by atomic mass is 10.1. The molecule has 0 unspecified atom stereocenters. The average molecular weight is 1870 g/mol. The van der Waals surface area contributed by atoms with Gasteiger partial charge in [0.1, 0.15) is 17.3 Å². The lowest BCUT2D eigenvalue weighted by molar-refractivity contribution is -0.146. The molecule has 0 aliphatic carbocycles. The fraction of sp³-hybridized carbons (Fsp3) is 0.810. The Kier molecular flexibility index (Phi) is 115. The fourth-order valence-corrected chi connectivity index (χ4v) is 6.62. The molecular weight excluding hydrogens is 1750 g/mol. The highest BCUT2D eigenvalue weighted by atomic mass is 79.9. The number of nitrogens with zero attached hydrogens (tertiary/aromatic N) is 39. The van der Waals surface area contributed by atoms with Crippen molar-refractivity contribution >= 4 is 87.6 Å². The number of hydrogen-bond donors (Lipinski definition) is 0. The van der Waals surface area contributed by atoms with Crippen LogP contribution in [0.5, 0.6) is 0 Å². The van der Waals surface area contributed by atoms with Crippen molar-refractivity contribution in [1.29, 1.82) is 0 Å². The van der Waals surface area contributed by atoms with Crippen LogP contribution in [0.1, 0.15) is 195 Å². The van der Waals surface area contributed by atoms with Gasteiger partial charge in [0.15, 0.2) is 6.61 Å². The highest BCUT2D eigenvalue weighted by molar-refractivity contribution is 9.10. The van der Waals surface area contributed by atoms with E-state index in [1.165, 1.54) is 128 Å². The Morgan fingerprint density at radius 3 is 0.623 bits per heavy atom. The Labute approximate surface area is 703 Å². The summed E-state index contributed by atoms with van der Waals surface area (Å²) in [4.78, 5) is 68.9. The molecule has 0 aromatic carbocycles. The molecule has 3 aromatic heterocycles. The lowest BCUT2D eigenvalue weighted by Crippen LogP contribution is -2.26. The molecule has 114 heavy (non-hydrogen) atoms. The Hall–Kier alpha value is -10.1. The van der Waals surface area contributed by atoms with E-state index in [9.17, 15) is 19.2 Å². The van der Waals surface area contributed by atoms with Gasteiger partial charge in [0.25, 0.3) is 0 Å². The molecule has 3 aromatic rings. The Balaban J connectivity index is -0.000000106. The molecule has 51 heteroatoms. The summed E-state index contributed by atoms with van der Waals surface area (Å²) in [6.07, 6.45) is 34.3. The van der Waals surface area contributed by atoms with Crippen molar-refractivity contribution in [2.24, 2.45) is 72.3 Å². The van der Waals surface area contributed by atoms with Gasteiger partial charge in [0.2, 0.25) is 0 Å². The van der Waals surface area contributed by atoms with Crippen LogP contribution in [0, 0.1) is 12.3 Å². The van der Waals surface area contributed by atoms with Gasteiger partial charge in [0.05, 0.1) is 36.9 Å². The van der Waals surface area contributed by atoms with Crippen LogP contribution < -0.4 is 0 Å². The highest BCUT2D eigenvalue weighted by Crippen LogP contribution is 2.21. The molecule has 47 nitrogen and oxygen atoms in total. The molecule has 0 saturated carbocycles. The molecule has 0 saturated heterocycles. The zero-order valence-corrected chi connectivity index (χ0v) is 75.6. The SMILES string of the molecule is C.C#CCOC(=O)C(C)(C)Br.CN=[N+]=[N-].CN=[N+]=[N-].CN=[N+]=[N-].CN=[N+]=[N-].CN=[N+]=[N-].CN=[N+]=[N-].CN=[N+]=[N-].CN=[N+]=[N-].CN=[N+]=[N-].CN=[N+]=[N-].Cn1cc(CCCCCCCCOC(=O)C(C)(C)Br)nn1.Cn1cc(CCCCCCCCOC(=O)C(C)(C)Br)nn1.Cn1cc(CCCCCCCCOC(=O)C(C)(C)Br)nn1. The van der Waals surface area contributed by atoms with Crippen molar-refractivity contribution < 1.29 is 38.1 Å². The summed E-state index contributed by atoms with van der Waals surface area (Å²) in [6.45, 7) is 15.8. The van der Waals surface area contributed by atoms with Crippen LogP contribution in [0.15, 0.2) is 69.7 Å². The van der Waals surface area contributed by atoms with Crippen LogP contribution >= 0.6 is 63.7 Å². The summed E-state index contributed by atoms with van der Waals surface area (Å²) in [5.41, 5.74) is 76.5. The molecule has 0 N–H and O–H groups in total. The zero-order chi connectivity index (χ0) is 89.5. The van der Waals surface area contributed by atoms with Gasteiger partial charge >= 0.3 is 23.9 Å². The van der Waals surface area contributed by atoms with Gasteiger partial charge in [-0.2, -0.15) is 0 Å². The number of aromatic nitrogens is 9. The van der Waals surface area contributed by atoms with Crippen molar-refractivity contribution in [1.82, 2.24) is 45.0 Å². The first-order valence-corrected chi connectivity index (χ1v) is 37.2. The zero-order valence-electron chi connectivity index (χ0n) is 69.2. The smallest absolute Gasteiger partial charge is 0.323 e. The van der Waals surface area contributed by atoms with Gasteiger partial charge in [0, 0.05) is 159 Å². The third kappa shape index (κ3) is 126. The van der Waals surface area contributed by atoms with E-state index in [1.807, 2.05) is 39.7 Å². The van der Waals surface area contributed by atoms with Crippen LogP contribution in [0.25, 0.3) is 104 Å². The largest absolute Gasteiger partial charge is 0.465 e. The van der Waals surface area contributed by atoms with Crippen LogP contribution in [0.3, 0.4) is 0 Å². The quantitative estimate of drug-likeness (QED) is 0.00819. The van der Waals surface area contributed by atoms with Gasteiger partial charge < -0.3 is 18.9 Å². The molecule has 0 radical (unpaired) electrons. The summed E-state index contributed by atoms with van der Waals surface area (Å²) in [6, 6.07) is 0. The maximum atomic E-state index is 11.5. The number of terminal acetylenes is 1. The number of hydrogen-bond acceptors (Lipinski definition) is 24. The first-order valence-electron chi connectivity index (χ1n) is 34.1. The number of rotatable bonds is 32. The molecular formula is C63H121Br4N39O8. The van der Waals surface area contributed by atoms with E-state index in [-0.39, 0.29) is 37.9 Å². The number of carbonyl (C=O) groups is 4. The highest BCUT2D eigenvalue weighted by Gasteiger charge is 2.27. The van der Waals surface area contributed by atoms with Crippen LogP contribution in [0.2, 0.25) is 0 Å². The number of esters is 4. The van der Waals surface area contributed by atoms with E-state index < -0.39 is 17.3 Å². The minimum absolute atomic E-state index is 0. The normalized spacial score (nSPS) is 8.81. The lowest BCUT2D eigenvalue weighted by Gasteiger charge is -2.14. The van der Waals surface area contributed by atoms with Crippen molar-refractivity contribution in [3.05, 3.63) is 140 Å². The number of carbonyl (C=O) groups excluding carboxylic acids is 4. The van der Waals surface area contributed by atoms with Crippen molar-refractivity contribution in [2.45, 2.75) is 215 Å². The van der Waals surface area contributed by atoms with Crippen LogP contribution in [-0.2, 0) is 78.5 Å². The number of aryl methyl sites for hydroxylation is 6. The molecule has 3 heterocycles. The molecule has 0 spiro atoms. The molecule has 0 atom stereocenters. The summed E-state index contributed by atoms with van der Waals surface area (Å²) >= 11 is 13.0. The van der Waals surface area contributed by atoms with Gasteiger partial charge in [-0.15, -0.1) is 21.7 Å². The monoisotopic (exact) mass is 1870 g/mol. The van der Waals surface area contributed by atoms with Crippen molar-refractivity contribution in [3.63, 3.8) is 0 Å². The number of unbranched alkanes of at least 4 members (excludes halogenated alkanes) is 15. The summed E-state index contributed by atoms with van der Waals surface area (Å²) in [5.74, 6) is 1.30. The Morgan fingerprint density at radius 1 is 0.342 bits per heavy atom. The van der Waals surface area contributed by atoms with E-state index >= 15 is 0 Å². The van der Waals surface area contributed by atoms with Crippen LogP contribution in [0.4, 0.5) is 0 Å². The first-order chi connectivity index (χ1) is 53.3. The second-order valence-electron chi connectivity index (χ2n) is 22.7. The van der Waals surface area contributed by atoms with Gasteiger partial charge in [-0.1, -0.05) is 221 Å². The summed E-state index contributed by atoms with van der Waals surface area (Å²) in [7, 11) is 19.6. The Bertz CT molecular complexity index is 2930. The minimum Gasteiger partial charge on any atom is -0.465 e. The number of azide groups is 10. The predicted octanol–water partition coefficient (Wildman–Crippen LogP) is 21.5. The van der Waals surface area contributed by atoms with Crippen molar-refractivity contribution in [2.75, 3.05) is 96.9 Å². The van der Waals surface area contributed by atoms with E-state index in [0.717, 1.165) is 94.1 Å². The topological polar surface area (TPSA) is 685 Å². The molecule has 0 bridgehead atoms. The van der Waals surface area contributed by atoms with Crippen molar-refractivity contribution in [3.8, 4) is 12.3 Å². The maximum Gasteiger partial charge on any atom is 0.323 e. The van der Waals surface area contributed by atoms with Crippen LogP contribution in [-0.4, -0.2) is 183 Å². The molecule has 0 fully saturated rings. The van der Waals surface area contributed by atoms with E-state index in [4.69, 9.17) is 75.9 Å². The van der Waals surface area contributed by atoms with E-state index in [2.05, 4.69) is 206 Å². The van der Waals surface area contributed by atoms with Gasteiger partial charge in [-0.25, -0.2) is 0 Å². The molecule has 0 amide bonds. The third-order valence-electron chi connectivity index (χ3n) is 11.3. The first kappa shape index (κ1) is 130. The number of alkyl halides is 4. The van der Waals surface area contributed by atoms with Gasteiger partial charge in [-0.05, 0) is 168 Å². The maximum absolute atomic E-state index is 11.5. The fourth-order valence-electron chi connectivity index (χ4n) is 6.16. The summed E-state index contributed by atoms with van der Waals surface area (Å²) in [5, 5.41) is 53.1. The standard InChI is InChI=1S/3C15H26BrN3O2.C7H9BrO2.10CH3N3.CH4/c3*1-15(2,16)14(20)21-11-9-7-5-4-6-8-10-13-12-19(3)18-17-13;1-4-5-10-6(9)7(2,3)8;10*1-3-4-2;/h3*12H,4-11H2,1-3H3;1H,5H2,2-3H3;10*1H3;1H4. The minimum atomic E-state index is -0.635. The molecule has 0 aliphatic rings.